The van der Waals surface area contributed by atoms with Crippen LogP contribution in [0.2, 0.25) is 0 Å². The highest BCUT2D eigenvalue weighted by Crippen LogP contribution is 2.17. The lowest BCUT2D eigenvalue weighted by Crippen LogP contribution is -2.23. The molecule has 1 aromatic carbocycles. The van der Waals surface area contributed by atoms with Gasteiger partial charge in [0.1, 0.15) is 0 Å². The van der Waals surface area contributed by atoms with Crippen LogP contribution in [0.3, 0.4) is 0 Å². The van der Waals surface area contributed by atoms with Gasteiger partial charge in [0.25, 0.3) is 0 Å². The Hall–Kier alpha value is -0.870. The van der Waals surface area contributed by atoms with Gasteiger partial charge in [-0.1, -0.05) is 34.1 Å². The molecule has 88 valence electrons. The smallest absolute Gasteiger partial charge is 0.334 e. The molecule has 0 aliphatic rings. The zero-order valence-corrected chi connectivity index (χ0v) is 11.0. The molecule has 0 radical (unpaired) electrons. The number of benzene rings is 1. The standard InChI is InChI=1S/C12H15BrO3/c1-3-15-12(14)9(2)16-8-10-6-4-5-7-11(10)13/h4-7,9H,3,8H2,1-2H3. The molecule has 4 heteroatoms. The minimum Gasteiger partial charge on any atom is -0.464 e. The van der Waals surface area contributed by atoms with E-state index in [2.05, 4.69) is 15.9 Å². The van der Waals surface area contributed by atoms with Crippen LogP contribution in [-0.4, -0.2) is 18.7 Å². The Balaban J connectivity index is 2.46. The largest absolute Gasteiger partial charge is 0.464 e. The molecule has 1 atom stereocenters. The summed E-state index contributed by atoms with van der Waals surface area (Å²) in [5.74, 6) is -0.324. The van der Waals surface area contributed by atoms with E-state index in [0.717, 1.165) is 10.0 Å². The number of ether oxygens (including phenoxy) is 2. The summed E-state index contributed by atoms with van der Waals surface area (Å²) in [6.07, 6.45) is -0.535. The number of hydrogen-bond acceptors (Lipinski definition) is 3. The van der Waals surface area contributed by atoms with Crippen molar-refractivity contribution in [1.29, 1.82) is 0 Å². The lowest BCUT2D eigenvalue weighted by molar-refractivity contribution is -0.156. The maximum Gasteiger partial charge on any atom is 0.334 e. The fraction of sp³-hybridized carbons (Fsp3) is 0.417. The number of hydrogen-bond donors (Lipinski definition) is 0. The molecule has 0 aromatic heterocycles. The van der Waals surface area contributed by atoms with Crippen LogP contribution < -0.4 is 0 Å². The van der Waals surface area contributed by atoms with Crippen molar-refractivity contribution in [2.24, 2.45) is 0 Å². The van der Waals surface area contributed by atoms with Crippen LogP contribution in [0.5, 0.6) is 0 Å². The van der Waals surface area contributed by atoms with Crippen LogP contribution in [0.15, 0.2) is 28.7 Å². The molecule has 0 amide bonds. The number of halogens is 1. The first kappa shape index (κ1) is 13.2. The van der Waals surface area contributed by atoms with Gasteiger partial charge in [-0.3, -0.25) is 0 Å². The van der Waals surface area contributed by atoms with Crippen LogP contribution in [0.1, 0.15) is 19.4 Å². The molecular weight excluding hydrogens is 272 g/mol. The lowest BCUT2D eigenvalue weighted by atomic mass is 10.2. The molecule has 0 heterocycles. The van der Waals surface area contributed by atoms with Crippen molar-refractivity contribution >= 4 is 21.9 Å². The van der Waals surface area contributed by atoms with E-state index >= 15 is 0 Å². The van der Waals surface area contributed by atoms with Crippen molar-refractivity contribution in [2.75, 3.05) is 6.61 Å². The Labute approximate surface area is 104 Å². The Morgan fingerprint density at radius 3 is 2.75 bits per heavy atom. The molecule has 0 fully saturated rings. The SMILES string of the molecule is CCOC(=O)C(C)OCc1ccccc1Br. The zero-order chi connectivity index (χ0) is 12.0. The average Bonchev–Trinajstić information content (AvgIpc) is 2.28. The van der Waals surface area contributed by atoms with E-state index in [1.165, 1.54) is 0 Å². The molecule has 0 N–H and O–H groups in total. The van der Waals surface area contributed by atoms with Crippen molar-refractivity contribution in [3.05, 3.63) is 34.3 Å². The van der Waals surface area contributed by atoms with Gasteiger partial charge >= 0.3 is 5.97 Å². The van der Waals surface area contributed by atoms with Crippen LogP contribution in [0.25, 0.3) is 0 Å². The number of carbonyl (C=O) groups excluding carboxylic acids is 1. The molecule has 0 bridgehead atoms. The highest BCUT2D eigenvalue weighted by molar-refractivity contribution is 9.10. The van der Waals surface area contributed by atoms with Crippen LogP contribution in [0, 0.1) is 0 Å². The van der Waals surface area contributed by atoms with Gasteiger partial charge in [-0.05, 0) is 25.5 Å². The Morgan fingerprint density at radius 2 is 2.12 bits per heavy atom. The summed E-state index contributed by atoms with van der Waals surface area (Å²) in [7, 11) is 0. The van der Waals surface area contributed by atoms with Gasteiger partial charge in [-0.15, -0.1) is 0 Å². The second-order valence-electron chi connectivity index (χ2n) is 3.30. The molecule has 1 rings (SSSR count). The van der Waals surface area contributed by atoms with E-state index in [9.17, 15) is 4.79 Å². The van der Waals surface area contributed by atoms with Gasteiger partial charge in [0.2, 0.25) is 0 Å². The van der Waals surface area contributed by atoms with E-state index in [-0.39, 0.29) is 5.97 Å². The quantitative estimate of drug-likeness (QED) is 0.781. The molecule has 3 nitrogen and oxygen atoms in total. The first-order chi connectivity index (χ1) is 7.65. The van der Waals surface area contributed by atoms with Crippen LogP contribution in [0.4, 0.5) is 0 Å². The molecule has 0 aliphatic carbocycles. The molecule has 1 aromatic rings. The Kier molecular flexibility index (Phi) is 5.49. The van der Waals surface area contributed by atoms with Gasteiger partial charge < -0.3 is 9.47 Å². The van der Waals surface area contributed by atoms with E-state index < -0.39 is 6.10 Å². The minimum absolute atomic E-state index is 0.324. The second-order valence-corrected chi connectivity index (χ2v) is 4.15. The van der Waals surface area contributed by atoms with Gasteiger partial charge in [0, 0.05) is 4.47 Å². The number of carbonyl (C=O) groups is 1. The maximum atomic E-state index is 11.3. The van der Waals surface area contributed by atoms with Gasteiger partial charge in [-0.25, -0.2) is 4.79 Å². The molecule has 1 unspecified atom stereocenters. The summed E-state index contributed by atoms with van der Waals surface area (Å²) in [6.45, 7) is 4.23. The molecule has 0 spiro atoms. The van der Waals surface area contributed by atoms with E-state index in [1.54, 1.807) is 13.8 Å². The summed E-state index contributed by atoms with van der Waals surface area (Å²) >= 11 is 3.42. The fourth-order valence-electron chi connectivity index (χ4n) is 1.16. The van der Waals surface area contributed by atoms with Crippen molar-refractivity contribution < 1.29 is 14.3 Å². The Morgan fingerprint density at radius 1 is 1.44 bits per heavy atom. The highest BCUT2D eigenvalue weighted by Gasteiger charge is 2.14. The van der Waals surface area contributed by atoms with Gasteiger partial charge in [0.15, 0.2) is 6.10 Å². The summed E-state index contributed by atoms with van der Waals surface area (Å²) in [5.41, 5.74) is 1.01. The monoisotopic (exact) mass is 286 g/mol. The van der Waals surface area contributed by atoms with Crippen LogP contribution in [-0.2, 0) is 20.9 Å². The maximum absolute atomic E-state index is 11.3. The second kappa shape index (κ2) is 6.66. The molecule has 0 aliphatic heterocycles. The lowest BCUT2D eigenvalue weighted by Gasteiger charge is -2.12. The van der Waals surface area contributed by atoms with Gasteiger partial charge in [-0.2, -0.15) is 0 Å². The highest BCUT2D eigenvalue weighted by atomic mass is 79.9. The van der Waals surface area contributed by atoms with Crippen molar-refractivity contribution in [2.45, 2.75) is 26.6 Å². The first-order valence-corrected chi connectivity index (χ1v) is 5.96. The van der Waals surface area contributed by atoms with E-state index in [0.29, 0.717) is 13.2 Å². The summed E-state index contributed by atoms with van der Waals surface area (Å²) < 4.78 is 11.2. The normalized spacial score (nSPS) is 12.2. The molecular formula is C12H15BrO3. The average molecular weight is 287 g/mol. The predicted octanol–water partition coefficient (Wildman–Crippen LogP) is 2.92. The van der Waals surface area contributed by atoms with E-state index in [4.69, 9.17) is 9.47 Å². The third-order valence-electron chi connectivity index (χ3n) is 2.07. The van der Waals surface area contributed by atoms with Crippen molar-refractivity contribution in [3.63, 3.8) is 0 Å². The van der Waals surface area contributed by atoms with Crippen molar-refractivity contribution in [1.82, 2.24) is 0 Å². The van der Waals surface area contributed by atoms with Crippen LogP contribution >= 0.6 is 15.9 Å². The van der Waals surface area contributed by atoms with Crippen molar-refractivity contribution in [3.8, 4) is 0 Å². The summed E-state index contributed by atoms with van der Waals surface area (Å²) in [4.78, 5) is 11.3. The van der Waals surface area contributed by atoms with E-state index in [1.807, 2.05) is 24.3 Å². The summed E-state index contributed by atoms with van der Waals surface area (Å²) in [6, 6.07) is 7.75. The predicted molar refractivity (Wildman–Crippen MR) is 65.0 cm³/mol. The topological polar surface area (TPSA) is 35.5 Å². The molecule has 0 saturated heterocycles. The fourth-order valence-corrected chi connectivity index (χ4v) is 1.56. The minimum atomic E-state index is -0.535. The summed E-state index contributed by atoms with van der Waals surface area (Å²) in [5, 5.41) is 0. The Bertz CT molecular complexity index is 352. The number of esters is 1. The molecule has 16 heavy (non-hydrogen) atoms. The molecule has 0 saturated carbocycles. The van der Waals surface area contributed by atoms with Gasteiger partial charge in [0.05, 0.1) is 13.2 Å². The third kappa shape index (κ3) is 3.94. The number of rotatable bonds is 5. The third-order valence-corrected chi connectivity index (χ3v) is 2.84. The first-order valence-electron chi connectivity index (χ1n) is 5.16. The zero-order valence-electron chi connectivity index (χ0n) is 9.40.